The van der Waals surface area contributed by atoms with Crippen LogP contribution in [0.15, 0.2) is 11.6 Å². The molecular formula is C28H45N. The van der Waals surface area contributed by atoms with Crippen LogP contribution in [0.3, 0.4) is 0 Å². The Balaban J connectivity index is 1.56. The van der Waals surface area contributed by atoms with Crippen molar-refractivity contribution in [1.29, 1.82) is 5.26 Å². The minimum absolute atomic E-state index is 0.0741. The molecule has 0 unspecified atom stereocenters. The second kappa shape index (κ2) is 7.73. The Morgan fingerprint density at radius 2 is 1.76 bits per heavy atom. The Kier molecular flexibility index (Phi) is 5.72. The lowest BCUT2D eigenvalue weighted by Gasteiger charge is -2.60. The fourth-order valence-electron chi connectivity index (χ4n) is 8.80. The summed E-state index contributed by atoms with van der Waals surface area (Å²) in [4.78, 5) is 0. The standard InChI is InChI=1S/C28H45N/c1-20(2)9-8-10-21(3)23-11-12-24-22-13-18-28(19-29)16-7-6-15-27(28,5)25(22)14-17-26(23,24)4/h13,20-21,23-25H,6-12,14-18H2,1-5H3/t21-,23-,24+,25+,26-,27-,28+/m1/s1. The first-order valence-electron chi connectivity index (χ1n) is 12.9. The SMILES string of the molecule is CC(C)CCC[C@@H](C)[C@H]1CC[C@H]2C3=CC[C@]4(C#N)CCCC[C@]4(C)[C@H]3CC[C@]12C. The van der Waals surface area contributed by atoms with E-state index in [9.17, 15) is 5.26 Å². The molecule has 0 bridgehead atoms. The summed E-state index contributed by atoms with van der Waals surface area (Å²) in [7, 11) is 0. The fraction of sp³-hybridized carbons (Fsp3) is 0.893. The summed E-state index contributed by atoms with van der Waals surface area (Å²) in [6, 6.07) is 2.88. The van der Waals surface area contributed by atoms with E-state index < -0.39 is 0 Å². The van der Waals surface area contributed by atoms with Crippen molar-refractivity contribution in [2.75, 3.05) is 0 Å². The van der Waals surface area contributed by atoms with Crippen LogP contribution >= 0.6 is 0 Å². The molecule has 0 aromatic rings. The van der Waals surface area contributed by atoms with Gasteiger partial charge in [-0.05, 0) is 85.4 Å². The maximum atomic E-state index is 10.2. The van der Waals surface area contributed by atoms with E-state index in [1.807, 2.05) is 5.57 Å². The summed E-state index contributed by atoms with van der Waals surface area (Å²) in [6.45, 7) is 12.4. The summed E-state index contributed by atoms with van der Waals surface area (Å²) < 4.78 is 0. The third-order valence-electron chi connectivity index (χ3n) is 10.6. The summed E-state index contributed by atoms with van der Waals surface area (Å²) >= 11 is 0. The molecule has 0 spiro atoms. The van der Waals surface area contributed by atoms with E-state index in [1.54, 1.807) is 0 Å². The van der Waals surface area contributed by atoms with E-state index in [-0.39, 0.29) is 10.8 Å². The average Bonchev–Trinajstić information content (AvgIpc) is 3.04. The highest BCUT2D eigenvalue weighted by Gasteiger charge is 2.62. The number of rotatable bonds is 5. The Hall–Kier alpha value is -0.770. The molecule has 0 aliphatic heterocycles. The van der Waals surface area contributed by atoms with Gasteiger partial charge in [0.15, 0.2) is 0 Å². The molecule has 1 heteroatoms. The fourth-order valence-corrected chi connectivity index (χ4v) is 8.80. The lowest BCUT2D eigenvalue weighted by atomic mass is 9.43. The van der Waals surface area contributed by atoms with Crippen molar-refractivity contribution in [3.05, 3.63) is 11.6 Å². The van der Waals surface area contributed by atoms with Crippen molar-refractivity contribution >= 4 is 0 Å². The van der Waals surface area contributed by atoms with Gasteiger partial charge in [-0.25, -0.2) is 0 Å². The molecule has 4 rings (SSSR count). The zero-order valence-corrected chi connectivity index (χ0v) is 19.9. The normalized spacial score (nSPS) is 45.0. The molecule has 0 aromatic heterocycles. The molecule has 1 nitrogen and oxygen atoms in total. The molecule has 4 aliphatic carbocycles. The van der Waals surface area contributed by atoms with Gasteiger partial charge in [-0.15, -0.1) is 0 Å². The first-order valence-corrected chi connectivity index (χ1v) is 12.9. The third-order valence-corrected chi connectivity index (χ3v) is 10.6. The predicted molar refractivity (Wildman–Crippen MR) is 122 cm³/mol. The van der Waals surface area contributed by atoms with E-state index in [0.29, 0.717) is 11.3 Å². The van der Waals surface area contributed by atoms with Gasteiger partial charge in [-0.3, -0.25) is 0 Å². The molecule has 0 amide bonds. The van der Waals surface area contributed by atoms with Gasteiger partial charge >= 0.3 is 0 Å². The lowest BCUT2D eigenvalue weighted by Crippen LogP contribution is -2.53. The van der Waals surface area contributed by atoms with Gasteiger partial charge in [0.2, 0.25) is 0 Å². The number of nitriles is 1. The Bertz CT molecular complexity index is 683. The van der Waals surface area contributed by atoms with Gasteiger partial charge in [-0.2, -0.15) is 5.26 Å². The van der Waals surface area contributed by atoms with Gasteiger partial charge in [0.05, 0.1) is 11.5 Å². The first kappa shape index (κ1) is 21.5. The molecule has 0 aromatic carbocycles. The smallest absolute Gasteiger partial charge is 0.0699 e. The molecular weight excluding hydrogens is 350 g/mol. The topological polar surface area (TPSA) is 23.8 Å². The van der Waals surface area contributed by atoms with Crippen LogP contribution in [0.4, 0.5) is 0 Å². The number of allylic oxidation sites excluding steroid dienone is 2. The van der Waals surface area contributed by atoms with Crippen LogP contribution < -0.4 is 0 Å². The molecule has 7 atom stereocenters. The third kappa shape index (κ3) is 3.23. The Morgan fingerprint density at radius 3 is 2.48 bits per heavy atom. The molecule has 0 radical (unpaired) electrons. The molecule has 29 heavy (non-hydrogen) atoms. The van der Waals surface area contributed by atoms with E-state index in [2.05, 4.69) is 46.8 Å². The van der Waals surface area contributed by atoms with Gasteiger partial charge < -0.3 is 0 Å². The number of hydrogen-bond acceptors (Lipinski definition) is 1. The molecule has 4 aliphatic rings. The summed E-state index contributed by atoms with van der Waals surface area (Å²) in [5.74, 6) is 4.10. The van der Waals surface area contributed by atoms with Crippen LogP contribution in [-0.2, 0) is 0 Å². The van der Waals surface area contributed by atoms with Gasteiger partial charge in [0, 0.05) is 0 Å². The Morgan fingerprint density at radius 1 is 1.00 bits per heavy atom. The highest BCUT2D eigenvalue weighted by atomic mass is 14.7. The highest BCUT2D eigenvalue weighted by molar-refractivity contribution is 5.32. The van der Waals surface area contributed by atoms with Crippen molar-refractivity contribution in [2.45, 2.75) is 112 Å². The van der Waals surface area contributed by atoms with Crippen molar-refractivity contribution in [3.8, 4) is 6.07 Å². The van der Waals surface area contributed by atoms with Gasteiger partial charge in [0.25, 0.3) is 0 Å². The maximum Gasteiger partial charge on any atom is 0.0699 e. The minimum atomic E-state index is -0.0741. The molecule has 3 saturated carbocycles. The van der Waals surface area contributed by atoms with E-state index in [0.717, 1.165) is 36.5 Å². The monoisotopic (exact) mass is 395 g/mol. The van der Waals surface area contributed by atoms with Crippen molar-refractivity contribution in [3.63, 3.8) is 0 Å². The van der Waals surface area contributed by atoms with E-state index >= 15 is 0 Å². The summed E-state index contributed by atoms with van der Waals surface area (Å²) in [5, 5.41) is 10.2. The molecule has 162 valence electrons. The van der Waals surface area contributed by atoms with E-state index in [1.165, 1.54) is 64.2 Å². The van der Waals surface area contributed by atoms with E-state index in [4.69, 9.17) is 0 Å². The van der Waals surface area contributed by atoms with Crippen LogP contribution in [-0.4, -0.2) is 0 Å². The average molecular weight is 396 g/mol. The largest absolute Gasteiger partial charge is 0.198 e. The van der Waals surface area contributed by atoms with Crippen LogP contribution in [0.5, 0.6) is 0 Å². The van der Waals surface area contributed by atoms with Gasteiger partial charge in [-0.1, -0.05) is 78.4 Å². The van der Waals surface area contributed by atoms with Crippen LogP contribution in [0.25, 0.3) is 0 Å². The number of hydrogen-bond donors (Lipinski definition) is 0. The summed E-state index contributed by atoms with van der Waals surface area (Å²) in [6.07, 6.45) is 18.5. The minimum Gasteiger partial charge on any atom is -0.198 e. The van der Waals surface area contributed by atoms with Crippen LogP contribution in [0.2, 0.25) is 0 Å². The zero-order chi connectivity index (χ0) is 20.9. The quantitative estimate of drug-likeness (QED) is 0.429. The highest BCUT2D eigenvalue weighted by Crippen LogP contribution is 2.69. The van der Waals surface area contributed by atoms with Crippen molar-refractivity contribution in [2.24, 2.45) is 45.8 Å². The van der Waals surface area contributed by atoms with Crippen LogP contribution in [0, 0.1) is 57.2 Å². The lowest BCUT2D eigenvalue weighted by molar-refractivity contribution is -0.0417. The number of fused-ring (bicyclic) bond motifs is 5. The molecule has 3 fully saturated rings. The molecule has 0 N–H and O–H groups in total. The Labute approximate surface area is 180 Å². The first-order chi connectivity index (χ1) is 13.8. The second-order valence-corrected chi connectivity index (χ2v) is 12.4. The summed E-state index contributed by atoms with van der Waals surface area (Å²) in [5.41, 5.74) is 2.48. The van der Waals surface area contributed by atoms with Crippen molar-refractivity contribution in [1.82, 2.24) is 0 Å². The predicted octanol–water partition coefficient (Wildman–Crippen LogP) is 8.31. The van der Waals surface area contributed by atoms with Gasteiger partial charge in [0.1, 0.15) is 0 Å². The maximum absolute atomic E-state index is 10.2. The second-order valence-electron chi connectivity index (χ2n) is 12.4. The van der Waals surface area contributed by atoms with Crippen LogP contribution in [0.1, 0.15) is 112 Å². The number of nitrogens with zero attached hydrogens (tertiary/aromatic N) is 1. The molecule has 0 saturated heterocycles. The molecule has 0 heterocycles. The zero-order valence-electron chi connectivity index (χ0n) is 19.9. The van der Waals surface area contributed by atoms with Crippen molar-refractivity contribution < 1.29 is 0 Å².